The Morgan fingerprint density at radius 1 is 1.30 bits per heavy atom. The number of thiophene rings is 1. The lowest BCUT2D eigenvalue weighted by Crippen LogP contribution is -2.07. The van der Waals surface area contributed by atoms with Gasteiger partial charge in [0.25, 0.3) is 5.89 Å². The van der Waals surface area contributed by atoms with E-state index in [0.29, 0.717) is 5.82 Å². The first-order chi connectivity index (χ1) is 11.2. The summed E-state index contributed by atoms with van der Waals surface area (Å²) < 4.78 is 11.2. The van der Waals surface area contributed by atoms with E-state index in [-0.39, 0.29) is 24.2 Å². The number of nitrogens with zero attached hydrogens (tertiary/aromatic N) is 2. The van der Waals surface area contributed by atoms with E-state index < -0.39 is 0 Å². The summed E-state index contributed by atoms with van der Waals surface area (Å²) in [6, 6.07) is 11.5. The third kappa shape index (κ3) is 4.66. The molecule has 23 heavy (non-hydrogen) atoms. The second-order valence-corrected chi connectivity index (χ2v) is 7.30. The van der Waals surface area contributed by atoms with E-state index in [9.17, 15) is 4.79 Å². The van der Waals surface area contributed by atoms with Crippen molar-refractivity contribution in [2.45, 2.75) is 11.5 Å². The average molecular weight is 411 g/mol. The minimum atomic E-state index is -0.325. The van der Waals surface area contributed by atoms with Crippen molar-refractivity contribution < 1.29 is 14.1 Å². The Kier molecular flexibility index (Phi) is 5.47. The van der Waals surface area contributed by atoms with Crippen molar-refractivity contribution in [2.75, 3.05) is 5.75 Å². The molecule has 0 radical (unpaired) electrons. The van der Waals surface area contributed by atoms with Gasteiger partial charge in [-0.2, -0.15) is 4.98 Å². The van der Waals surface area contributed by atoms with Crippen LogP contribution >= 0.6 is 39.0 Å². The number of hydrogen-bond acceptors (Lipinski definition) is 7. The smallest absolute Gasteiger partial charge is 0.316 e. The number of esters is 1. The highest BCUT2D eigenvalue weighted by molar-refractivity contribution is 9.10. The lowest BCUT2D eigenvalue weighted by atomic mass is 10.4. The summed E-state index contributed by atoms with van der Waals surface area (Å²) in [4.78, 5) is 17.9. The molecule has 0 spiro atoms. The molecule has 118 valence electrons. The van der Waals surface area contributed by atoms with Crippen LogP contribution in [-0.2, 0) is 16.1 Å². The molecule has 0 aliphatic rings. The number of halogens is 1. The highest BCUT2D eigenvalue weighted by atomic mass is 79.9. The first-order valence-corrected chi connectivity index (χ1v) is 9.27. The van der Waals surface area contributed by atoms with E-state index in [4.69, 9.17) is 9.26 Å². The molecule has 0 amide bonds. The molecule has 3 aromatic rings. The number of benzene rings is 1. The fourth-order valence-electron chi connectivity index (χ4n) is 1.68. The van der Waals surface area contributed by atoms with Gasteiger partial charge >= 0.3 is 5.97 Å². The van der Waals surface area contributed by atoms with Crippen LogP contribution in [0.3, 0.4) is 0 Å². The van der Waals surface area contributed by atoms with Gasteiger partial charge in [0, 0.05) is 9.37 Å². The first kappa shape index (κ1) is 16.2. The van der Waals surface area contributed by atoms with Gasteiger partial charge in [0.05, 0.1) is 10.6 Å². The molecule has 0 aliphatic carbocycles. The highest BCUT2D eigenvalue weighted by Gasteiger charge is 2.12. The van der Waals surface area contributed by atoms with Crippen molar-refractivity contribution in [2.24, 2.45) is 0 Å². The molecule has 0 atom stereocenters. The van der Waals surface area contributed by atoms with Gasteiger partial charge in [-0.25, -0.2) is 0 Å². The van der Waals surface area contributed by atoms with Crippen LogP contribution in [0.25, 0.3) is 10.7 Å². The van der Waals surface area contributed by atoms with E-state index in [0.717, 1.165) is 14.2 Å². The standard InChI is InChI=1S/C15H11BrN2O3S2/c16-10-3-5-11(6-4-10)23-9-14(19)20-8-13-17-15(18-21-13)12-2-1-7-22-12/h1-7H,8-9H2. The lowest BCUT2D eigenvalue weighted by molar-refractivity contribution is -0.142. The predicted octanol–water partition coefficient (Wildman–Crippen LogP) is 4.40. The molecule has 0 fully saturated rings. The Balaban J connectivity index is 1.46. The van der Waals surface area contributed by atoms with Crippen LogP contribution in [-0.4, -0.2) is 21.9 Å². The second kappa shape index (κ2) is 7.76. The average Bonchev–Trinajstić information content (AvgIpc) is 3.23. The zero-order chi connectivity index (χ0) is 16.1. The Morgan fingerprint density at radius 2 is 2.13 bits per heavy atom. The summed E-state index contributed by atoms with van der Waals surface area (Å²) in [5, 5.41) is 5.80. The molecule has 2 heterocycles. The zero-order valence-corrected chi connectivity index (χ0v) is 15.0. The van der Waals surface area contributed by atoms with Gasteiger partial charge in [-0.1, -0.05) is 27.2 Å². The summed E-state index contributed by atoms with van der Waals surface area (Å²) in [6.45, 7) is -0.0158. The third-order valence-electron chi connectivity index (χ3n) is 2.74. The third-order valence-corrected chi connectivity index (χ3v) is 5.12. The van der Waals surface area contributed by atoms with E-state index in [1.54, 1.807) is 0 Å². The van der Waals surface area contributed by atoms with Crippen molar-refractivity contribution in [3.05, 3.63) is 52.1 Å². The highest BCUT2D eigenvalue weighted by Crippen LogP contribution is 2.22. The molecule has 0 bridgehead atoms. The SMILES string of the molecule is O=C(CSc1ccc(Br)cc1)OCc1nc(-c2cccs2)no1. The molecule has 8 heteroatoms. The number of ether oxygens (including phenoxy) is 1. The molecule has 2 aromatic heterocycles. The van der Waals surface area contributed by atoms with E-state index in [1.807, 2.05) is 41.8 Å². The van der Waals surface area contributed by atoms with Crippen molar-refractivity contribution in [3.8, 4) is 10.7 Å². The van der Waals surface area contributed by atoms with Gasteiger partial charge in [0.1, 0.15) is 0 Å². The maximum atomic E-state index is 11.8. The van der Waals surface area contributed by atoms with Crippen LogP contribution in [0.1, 0.15) is 5.89 Å². The fraction of sp³-hybridized carbons (Fsp3) is 0.133. The maximum Gasteiger partial charge on any atom is 0.316 e. The summed E-state index contributed by atoms with van der Waals surface area (Å²) in [5.41, 5.74) is 0. The molecular weight excluding hydrogens is 400 g/mol. The lowest BCUT2D eigenvalue weighted by Gasteiger charge is -2.02. The molecule has 0 saturated carbocycles. The number of aromatic nitrogens is 2. The molecule has 0 unspecified atom stereocenters. The van der Waals surface area contributed by atoms with Crippen LogP contribution in [0.2, 0.25) is 0 Å². The van der Waals surface area contributed by atoms with Gasteiger partial charge < -0.3 is 9.26 Å². The Morgan fingerprint density at radius 3 is 2.87 bits per heavy atom. The quantitative estimate of drug-likeness (QED) is 0.443. The Hall–Kier alpha value is -1.64. The Labute approximate surface area is 149 Å². The molecule has 0 saturated heterocycles. The van der Waals surface area contributed by atoms with E-state index in [2.05, 4.69) is 26.1 Å². The number of carbonyl (C=O) groups excluding carboxylic acids is 1. The van der Waals surface area contributed by atoms with E-state index in [1.165, 1.54) is 23.1 Å². The topological polar surface area (TPSA) is 65.2 Å². The van der Waals surface area contributed by atoms with Crippen LogP contribution in [0.5, 0.6) is 0 Å². The number of carbonyl (C=O) groups is 1. The number of rotatable bonds is 6. The molecule has 1 aromatic carbocycles. The monoisotopic (exact) mass is 410 g/mol. The number of thioether (sulfide) groups is 1. The molecular formula is C15H11BrN2O3S2. The van der Waals surface area contributed by atoms with Crippen LogP contribution < -0.4 is 0 Å². The summed E-state index contributed by atoms with van der Waals surface area (Å²) in [6.07, 6.45) is 0. The zero-order valence-electron chi connectivity index (χ0n) is 11.8. The second-order valence-electron chi connectivity index (χ2n) is 4.39. The molecule has 0 aliphatic heterocycles. The largest absolute Gasteiger partial charge is 0.455 e. The number of hydrogen-bond donors (Lipinski definition) is 0. The molecule has 5 nitrogen and oxygen atoms in total. The normalized spacial score (nSPS) is 10.7. The minimum Gasteiger partial charge on any atom is -0.455 e. The van der Waals surface area contributed by atoms with Gasteiger partial charge in [0.2, 0.25) is 5.82 Å². The minimum absolute atomic E-state index is 0.0158. The van der Waals surface area contributed by atoms with Crippen LogP contribution in [0.4, 0.5) is 0 Å². The van der Waals surface area contributed by atoms with Crippen molar-refractivity contribution >= 4 is 45.0 Å². The molecule has 0 N–H and O–H groups in total. The summed E-state index contributed by atoms with van der Waals surface area (Å²) in [7, 11) is 0. The van der Waals surface area contributed by atoms with E-state index >= 15 is 0 Å². The first-order valence-electron chi connectivity index (χ1n) is 6.61. The predicted molar refractivity (Wildman–Crippen MR) is 92.3 cm³/mol. The van der Waals surface area contributed by atoms with Crippen LogP contribution in [0, 0.1) is 0 Å². The summed E-state index contributed by atoms with van der Waals surface area (Å²) in [5.74, 6) is 0.701. The maximum absolute atomic E-state index is 11.8. The van der Waals surface area contributed by atoms with Gasteiger partial charge in [-0.05, 0) is 35.7 Å². The fourth-order valence-corrected chi connectivity index (χ4v) is 3.29. The van der Waals surface area contributed by atoms with Crippen molar-refractivity contribution in [1.29, 1.82) is 0 Å². The molecule has 3 rings (SSSR count). The van der Waals surface area contributed by atoms with Gasteiger partial charge in [-0.3, -0.25) is 4.79 Å². The van der Waals surface area contributed by atoms with Gasteiger partial charge in [-0.15, -0.1) is 23.1 Å². The van der Waals surface area contributed by atoms with Crippen molar-refractivity contribution in [3.63, 3.8) is 0 Å². The summed E-state index contributed by atoms with van der Waals surface area (Å²) >= 11 is 6.31. The van der Waals surface area contributed by atoms with Gasteiger partial charge in [0.15, 0.2) is 6.61 Å². The van der Waals surface area contributed by atoms with Crippen molar-refractivity contribution in [1.82, 2.24) is 10.1 Å². The van der Waals surface area contributed by atoms with Crippen LogP contribution in [0.15, 0.2) is 55.7 Å². The Bertz CT molecular complexity index is 772.